The van der Waals surface area contributed by atoms with Crippen LogP contribution in [0.3, 0.4) is 0 Å². The SMILES string of the molecule is CS(=O)(=O)CCn1ccc2cccc(CN)c21. The van der Waals surface area contributed by atoms with Gasteiger partial charge in [0, 0.05) is 25.5 Å². The molecule has 0 spiro atoms. The van der Waals surface area contributed by atoms with E-state index in [4.69, 9.17) is 5.73 Å². The number of hydrogen-bond acceptors (Lipinski definition) is 3. The molecule has 0 aliphatic carbocycles. The van der Waals surface area contributed by atoms with Gasteiger partial charge in [0.2, 0.25) is 0 Å². The molecule has 0 atom stereocenters. The van der Waals surface area contributed by atoms with Gasteiger partial charge in [0.05, 0.1) is 11.3 Å². The van der Waals surface area contributed by atoms with E-state index >= 15 is 0 Å². The van der Waals surface area contributed by atoms with Crippen LogP contribution in [0.25, 0.3) is 10.9 Å². The largest absolute Gasteiger partial charge is 0.346 e. The third-order valence-electron chi connectivity index (χ3n) is 2.79. The van der Waals surface area contributed by atoms with Crippen LogP contribution in [-0.4, -0.2) is 25.0 Å². The van der Waals surface area contributed by atoms with Crippen LogP contribution in [0.1, 0.15) is 5.56 Å². The first-order valence-electron chi connectivity index (χ1n) is 5.46. The lowest BCUT2D eigenvalue weighted by Crippen LogP contribution is -2.11. The number of nitrogens with zero attached hydrogens (tertiary/aromatic N) is 1. The molecule has 2 aromatic rings. The van der Waals surface area contributed by atoms with E-state index in [9.17, 15) is 8.42 Å². The molecule has 2 N–H and O–H groups in total. The fourth-order valence-electron chi connectivity index (χ4n) is 1.96. The molecule has 0 unspecified atom stereocenters. The van der Waals surface area contributed by atoms with E-state index in [1.807, 2.05) is 35.0 Å². The summed E-state index contributed by atoms with van der Waals surface area (Å²) in [6.45, 7) is 0.930. The number of para-hydroxylation sites is 1. The molecule has 0 fully saturated rings. The molecule has 0 saturated carbocycles. The summed E-state index contributed by atoms with van der Waals surface area (Å²) in [7, 11) is -2.94. The number of fused-ring (bicyclic) bond motifs is 1. The van der Waals surface area contributed by atoms with Gasteiger partial charge in [-0.1, -0.05) is 18.2 Å². The fraction of sp³-hybridized carbons (Fsp3) is 0.333. The van der Waals surface area contributed by atoms with Gasteiger partial charge in [0.15, 0.2) is 0 Å². The molecule has 4 nitrogen and oxygen atoms in total. The van der Waals surface area contributed by atoms with Crippen molar-refractivity contribution in [3.05, 3.63) is 36.0 Å². The predicted octanol–water partition coefficient (Wildman–Crippen LogP) is 1.14. The molecule has 1 heterocycles. The van der Waals surface area contributed by atoms with Crippen LogP contribution in [-0.2, 0) is 22.9 Å². The van der Waals surface area contributed by atoms with Crippen LogP contribution in [0.2, 0.25) is 0 Å². The summed E-state index contributed by atoms with van der Waals surface area (Å²) < 4.78 is 24.3. The molecule has 5 heteroatoms. The van der Waals surface area contributed by atoms with Crippen molar-refractivity contribution < 1.29 is 8.42 Å². The van der Waals surface area contributed by atoms with E-state index in [2.05, 4.69) is 0 Å². The zero-order chi connectivity index (χ0) is 12.5. The van der Waals surface area contributed by atoms with E-state index < -0.39 is 9.84 Å². The maximum absolute atomic E-state index is 11.2. The van der Waals surface area contributed by atoms with Crippen molar-refractivity contribution in [3.63, 3.8) is 0 Å². The highest BCUT2D eigenvalue weighted by molar-refractivity contribution is 7.90. The minimum absolute atomic E-state index is 0.148. The molecule has 0 aliphatic heterocycles. The molecule has 2 rings (SSSR count). The van der Waals surface area contributed by atoms with E-state index in [0.717, 1.165) is 16.5 Å². The van der Waals surface area contributed by atoms with Gasteiger partial charge in [0.25, 0.3) is 0 Å². The standard InChI is InChI=1S/C12H16N2O2S/c1-17(15,16)8-7-14-6-5-10-3-2-4-11(9-13)12(10)14/h2-6H,7-9,13H2,1H3. The minimum Gasteiger partial charge on any atom is -0.346 e. The molecule has 17 heavy (non-hydrogen) atoms. The average molecular weight is 252 g/mol. The van der Waals surface area contributed by atoms with Crippen molar-refractivity contribution in [3.8, 4) is 0 Å². The molecule has 0 bridgehead atoms. The molecular formula is C12H16N2O2S. The highest BCUT2D eigenvalue weighted by atomic mass is 32.2. The zero-order valence-corrected chi connectivity index (χ0v) is 10.6. The smallest absolute Gasteiger partial charge is 0.149 e. The third kappa shape index (κ3) is 2.68. The van der Waals surface area contributed by atoms with Crippen molar-refractivity contribution >= 4 is 20.7 Å². The van der Waals surface area contributed by atoms with Crippen LogP contribution in [0, 0.1) is 0 Å². The number of sulfone groups is 1. The van der Waals surface area contributed by atoms with Gasteiger partial charge in [0.1, 0.15) is 9.84 Å². The van der Waals surface area contributed by atoms with Crippen molar-refractivity contribution in [2.45, 2.75) is 13.1 Å². The first-order chi connectivity index (χ1) is 8.01. The Morgan fingerprint density at radius 1 is 1.29 bits per heavy atom. The number of aryl methyl sites for hydroxylation is 1. The summed E-state index contributed by atoms with van der Waals surface area (Å²) in [4.78, 5) is 0. The minimum atomic E-state index is -2.94. The van der Waals surface area contributed by atoms with E-state index in [1.54, 1.807) is 0 Å². The second-order valence-corrected chi connectivity index (χ2v) is 6.46. The topological polar surface area (TPSA) is 65.1 Å². The van der Waals surface area contributed by atoms with Crippen molar-refractivity contribution in [2.75, 3.05) is 12.0 Å². The third-order valence-corrected chi connectivity index (χ3v) is 3.72. The van der Waals surface area contributed by atoms with Gasteiger partial charge >= 0.3 is 0 Å². The van der Waals surface area contributed by atoms with Gasteiger partial charge < -0.3 is 10.3 Å². The van der Waals surface area contributed by atoms with Crippen LogP contribution in [0.5, 0.6) is 0 Å². The molecular weight excluding hydrogens is 236 g/mol. The van der Waals surface area contributed by atoms with Gasteiger partial charge in [-0.05, 0) is 17.0 Å². The first kappa shape index (κ1) is 12.1. The maximum Gasteiger partial charge on any atom is 0.149 e. The summed E-state index contributed by atoms with van der Waals surface area (Å²) in [6.07, 6.45) is 3.16. The number of nitrogens with two attached hydrogens (primary N) is 1. The highest BCUT2D eigenvalue weighted by Crippen LogP contribution is 2.20. The van der Waals surface area contributed by atoms with Gasteiger partial charge in [-0.3, -0.25) is 0 Å². The van der Waals surface area contributed by atoms with Crippen LogP contribution in [0.4, 0.5) is 0 Å². The van der Waals surface area contributed by atoms with Crippen molar-refractivity contribution in [2.24, 2.45) is 5.73 Å². The van der Waals surface area contributed by atoms with E-state index in [-0.39, 0.29) is 5.75 Å². The quantitative estimate of drug-likeness (QED) is 0.887. The second-order valence-electron chi connectivity index (χ2n) is 4.20. The monoisotopic (exact) mass is 252 g/mol. The van der Waals surface area contributed by atoms with Crippen LogP contribution < -0.4 is 5.73 Å². The van der Waals surface area contributed by atoms with Crippen molar-refractivity contribution in [1.82, 2.24) is 4.57 Å². The molecule has 1 aromatic carbocycles. The Kier molecular flexibility index (Phi) is 3.22. The van der Waals surface area contributed by atoms with Gasteiger partial charge in [-0.25, -0.2) is 8.42 Å². The number of aromatic nitrogens is 1. The van der Waals surface area contributed by atoms with Gasteiger partial charge in [-0.15, -0.1) is 0 Å². The summed E-state index contributed by atoms with van der Waals surface area (Å²) in [5, 5.41) is 1.10. The van der Waals surface area contributed by atoms with E-state index in [1.165, 1.54) is 6.26 Å². The Morgan fingerprint density at radius 2 is 2.06 bits per heavy atom. The Balaban J connectivity index is 2.41. The average Bonchev–Trinajstić information content (AvgIpc) is 2.68. The highest BCUT2D eigenvalue weighted by Gasteiger charge is 2.08. The molecule has 0 saturated heterocycles. The predicted molar refractivity (Wildman–Crippen MR) is 69.5 cm³/mol. The Bertz CT molecular complexity index is 629. The summed E-state index contributed by atoms with van der Waals surface area (Å²) >= 11 is 0. The van der Waals surface area contributed by atoms with Crippen molar-refractivity contribution in [1.29, 1.82) is 0 Å². The lowest BCUT2D eigenvalue weighted by Gasteiger charge is -2.08. The Hall–Kier alpha value is -1.33. The van der Waals surface area contributed by atoms with Crippen LogP contribution >= 0.6 is 0 Å². The Morgan fingerprint density at radius 3 is 2.71 bits per heavy atom. The normalized spacial score (nSPS) is 12.1. The van der Waals surface area contributed by atoms with E-state index in [0.29, 0.717) is 13.1 Å². The maximum atomic E-state index is 11.2. The number of rotatable bonds is 4. The summed E-state index contributed by atoms with van der Waals surface area (Å²) in [5.41, 5.74) is 7.78. The Labute approximate surface area is 101 Å². The lowest BCUT2D eigenvalue weighted by molar-refractivity contribution is 0.596. The zero-order valence-electron chi connectivity index (χ0n) is 9.76. The number of hydrogen-bond donors (Lipinski definition) is 1. The molecule has 0 radical (unpaired) electrons. The molecule has 1 aromatic heterocycles. The summed E-state index contributed by atoms with van der Waals surface area (Å²) in [5.74, 6) is 0.148. The molecule has 0 aliphatic rings. The molecule has 92 valence electrons. The van der Waals surface area contributed by atoms with Crippen LogP contribution in [0.15, 0.2) is 30.5 Å². The van der Waals surface area contributed by atoms with Gasteiger partial charge in [-0.2, -0.15) is 0 Å². The first-order valence-corrected chi connectivity index (χ1v) is 7.52. The number of benzene rings is 1. The fourth-order valence-corrected chi connectivity index (χ4v) is 2.48. The molecule has 0 amide bonds. The summed E-state index contributed by atoms with van der Waals surface area (Å²) in [6, 6.07) is 7.92. The second kappa shape index (κ2) is 4.50. The lowest BCUT2D eigenvalue weighted by atomic mass is 10.1.